The molecule has 0 aliphatic heterocycles. The van der Waals surface area contributed by atoms with Gasteiger partial charge in [0.15, 0.2) is 5.52 Å². The summed E-state index contributed by atoms with van der Waals surface area (Å²) in [5.74, 6) is 0.694. The molecule has 1 aromatic heterocycles. The molecule has 0 aliphatic rings. The van der Waals surface area contributed by atoms with Gasteiger partial charge in [-0.15, -0.1) is 18.3 Å². The smallest absolute Gasteiger partial charge is 0.258 e. The van der Waals surface area contributed by atoms with Gasteiger partial charge in [-0.3, -0.25) is 10.1 Å². The fourth-order valence-electron chi connectivity index (χ4n) is 1.24. The van der Waals surface area contributed by atoms with Gasteiger partial charge in [-0.2, -0.15) is 0 Å². The molecule has 7 heteroatoms. The van der Waals surface area contributed by atoms with E-state index in [0.717, 1.165) is 4.90 Å². The Bertz CT molecular complexity index is 552. The van der Waals surface area contributed by atoms with E-state index in [1.54, 1.807) is 12.1 Å². The molecule has 1 heterocycles. The van der Waals surface area contributed by atoms with Crippen LogP contribution >= 0.6 is 11.8 Å². The van der Waals surface area contributed by atoms with Gasteiger partial charge in [-0.25, -0.2) is 4.63 Å². The maximum absolute atomic E-state index is 10.7. The van der Waals surface area contributed by atoms with Gasteiger partial charge >= 0.3 is 5.69 Å². The van der Waals surface area contributed by atoms with Gasteiger partial charge in [0.2, 0.25) is 5.52 Å². The number of thioether (sulfide) groups is 1. The van der Waals surface area contributed by atoms with Crippen LogP contribution in [-0.2, 0) is 0 Å². The molecule has 0 saturated heterocycles. The summed E-state index contributed by atoms with van der Waals surface area (Å²) in [6.45, 7) is 3.60. The molecule has 0 fully saturated rings. The molecule has 2 aromatic rings. The molecule has 6 nitrogen and oxygen atoms in total. The molecule has 82 valence electrons. The van der Waals surface area contributed by atoms with Crippen molar-refractivity contribution in [1.29, 1.82) is 0 Å². The molecule has 1 aromatic carbocycles. The number of hydrogen-bond donors (Lipinski definition) is 0. The Morgan fingerprint density at radius 2 is 2.25 bits per heavy atom. The molecule has 0 unspecified atom stereocenters. The van der Waals surface area contributed by atoms with Crippen molar-refractivity contribution in [3.63, 3.8) is 0 Å². The third-order valence-electron chi connectivity index (χ3n) is 1.91. The van der Waals surface area contributed by atoms with E-state index in [4.69, 9.17) is 0 Å². The molecule has 0 amide bonds. The van der Waals surface area contributed by atoms with Gasteiger partial charge in [0.05, 0.1) is 4.92 Å². The normalized spacial score (nSPS) is 10.5. The molecule has 0 atom stereocenters. The molecule has 2 rings (SSSR count). The van der Waals surface area contributed by atoms with E-state index in [0.29, 0.717) is 11.3 Å². The first-order chi connectivity index (χ1) is 7.74. The fourth-order valence-corrected chi connectivity index (χ4v) is 1.98. The number of nitrogens with zero attached hydrogens (tertiary/aromatic N) is 3. The molecule has 0 bridgehead atoms. The number of aromatic nitrogens is 2. The third-order valence-corrected chi connectivity index (χ3v) is 2.95. The highest BCUT2D eigenvalue weighted by Crippen LogP contribution is 2.31. The Balaban J connectivity index is 2.54. The number of hydrogen-bond acceptors (Lipinski definition) is 6. The van der Waals surface area contributed by atoms with Crippen LogP contribution in [0.5, 0.6) is 0 Å². The summed E-state index contributed by atoms with van der Waals surface area (Å²) in [5, 5.41) is 17.9. The largest absolute Gasteiger partial charge is 0.300 e. The Hall–Kier alpha value is -1.89. The zero-order valence-electron chi connectivity index (χ0n) is 8.12. The van der Waals surface area contributed by atoms with Gasteiger partial charge in [0.25, 0.3) is 0 Å². The first-order valence-electron chi connectivity index (χ1n) is 4.37. The van der Waals surface area contributed by atoms with E-state index in [2.05, 4.69) is 21.5 Å². The van der Waals surface area contributed by atoms with E-state index in [-0.39, 0.29) is 11.2 Å². The lowest BCUT2D eigenvalue weighted by Gasteiger charge is -1.98. The molecular formula is C9H7N3O3S. The predicted molar refractivity (Wildman–Crippen MR) is 59.4 cm³/mol. The lowest BCUT2D eigenvalue weighted by atomic mass is 10.3. The Morgan fingerprint density at radius 3 is 2.94 bits per heavy atom. The highest BCUT2D eigenvalue weighted by Gasteiger charge is 2.19. The highest BCUT2D eigenvalue weighted by atomic mass is 32.2. The van der Waals surface area contributed by atoms with Crippen LogP contribution in [0, 0.1) is 10.1 Å². The lowest BCUT2D eigenvalue weighted by molar-refractivity contribution is -0.383. The van der Waals surface area contributed by atoms with Gasteiger partial charge in [0, 0.05) is 16.7 Å². The van der Waals surface area contributed by atoms with E-state index in [1.165, 1.54) is 17.8 Å². The second-order valence-electron chi connectivity index (χ2n) is 2.90. The van der Waals surface area contributed by atoms with Crippen LogP contribution < -0.4 is 0 Å². The summed E-state index contributed by atoms with van der Waals surface area (Å²) in [7, 11) is 0. The summed E-state index contributed by atoms with van der Waals surface area (Å²) in [5.41, 5.74) is 0.499. The van der Waals surface area contributed by atoms with Crippen LogP contribution in [0.2, 0.25) is 0 Å². The average molecular weight is 237 g/mol. The number of non-ortho nitro benzene ring substituents is 1. The van der Waals surface area contributed by atoms with Crippen LogP contribution in [-0.4, -0.2) is 21.0 Å². The second kappa shape index (κ2) is 4.31. The van der Waals surface area contributed by atoms with Gasteiger partial charge in [-0.1, -0.05) is 6.08 Å². The number of rotatable bonds is 4. The molecular weight excluding hydrogens is 230 g/mol. The van der Waals surface area contributed by atoms with Crippen molar-refractivity contribution in [3.05, 3.63) is 34.9 Å². The first-order valence-corrected chi connectivity index (χ1v) is 5.36. The Kier molecular flexibility index (Phi) is 2.86. The number of benzene rings is 1. The molecule has 0 radical (unpaired) electrons. The minimum atomic E-state index is -0.505. The van der Waals surface area contributed by atoms with Crippen molar-refractivity contribution in [2.24, 2.45) is 0 Å². The Morgan fingerprint density at radius 1 is 1.50 bits per heavy atom. The van der Waals surface area contributed by atoms with Gasteiger partial charge in [0.1, 0.15) is 0 Å². The van der Waals surface area contributed by atoms with Crippen LogP contribution in [0.15, 0.2) is 34.3 Å². The topological polar surface area (TPSA) is 82.1 Å². The van der Waals surface area contributed by atoms with Crippen LogP contribution in [0.1, 0.15) is 0 Å². The number of nitro benzene ring substituents is 1. The second-order valence-corrected chi connectivity index (χ2v) is 3.96. The Labute approximate surface area is 94.4 Å². The van der Waals surface area contributed by atoms with Crippen LogP contribution in [0.4, 0.5) is 5.69 Å². The van der Waals surface area contributed by atoms with Crippen molar-refractivity contribution in [2.45, 2.75) is 4.90 Å². The minimum absolute atomic E-state index is 0.0980. The van der Waals surface area contributed by atoms with Gasteiger partial charge < -0.3 is 0 Å². The van der Waals surface area contributed by atoms with E-state index >= 15 is 0 Å². The summed E-state index contributed by atoms with van der Waals surface area (Å²) in [6, 6.07) is 3.04. The van der Waals surface area contributed by atoms with Crippen molar-refractivity contribution < 1.29 is 9.55 Å². The molecule has 0 spiro atoms. The average Bonchev–Trinajstić information content (AvgIpc) is 2.74. The minimum Gasteiger partial charge on any atom is -0.258 e. The number of fused-ring (bicyclic) bond motifs is 1. The van der Waals surface area contributed by atoms with Gasteiger partial charge in [-0.05, 0) is 16.4 Å². The van der Waals surface area contributed by atoms with Crippen LogP contribution in [0.3, 0.4) is 0 Å². The van der Waals surface area contributed by atoms with E-state index in [1.807, 2.05) is 0 Å². The molecule has 16 heavy (non-hydrogen) atoms. The summed E-state index contributed by atoms with van der Waals surface area (Å²) in [4.78, 5) is 11.0. The molecule has 0 N–H and O–H groups in total. The SMILES string of the molecule is C=CCSc1ccc([N+](=O)[O-])c2nonc12. The standard InChI is InChI=1S/C9H7N3O3S/c1-2-5-16-7-4-3-6(12(13)14)8-9(7)11-15-10-8/h2-4H,1,5H2. The zero-order valence-corrected chi connectivity index (χ0v) is 8.94. The summed E-state index contributed by atoms with van der Waals surface area (Å²) >= 11 is 1.47. The van der Waals surface area contributed by atoms with Crippen molar-refractivity contribution in [3.8, 4) is 0 Å². The van der Waals surface area contributed by atoms with E-state index in [9.17, 15) is 10.1 Å². The van der Waals surface area contributed by atoms with Crippen molar-refractivity contribution in [2.75, 3.05) is 5.75 Å². The quantitative estimate of drug-likeness (QED) is 0.351. The maximum atomic E-state index is 10.7. The highest BCUT2D eigenvalue weighted by molar-refractivity contribution is 7.99. The van der Waals surface area contributed by atoms with Crippen molar-refractivity contribution in [1.82, 2.24) is 10.3 Å². The lowest BCUT2D eigenvalue weighted by Crippen LogP contribution is -1.90. The maximum Gasteiger partial charge on any atom is 0.300 e. The van der Waals surface area contributed by atoms with Crippen molar-refractivity contribution >= 4 is 28.5 Å². The number of nitro groups is 1. The summed E-state index contributed by atoms with van der Waals surface area (Å²) in [6.07, 6.45) is 1.74. The molecule has 0 saturated carbocycles. The van der Waals surface area contributed by atoms with Crippen LogP contribution in [0.25, 0.3) is 11.0 Å². The zero-order chi connectivity index (χ0) is 11.5. The molecule has 0 aliphatic carbocycles. The predicted octanol–water partition coefficient (Wildman–Crippen LogP) is 2.41. The third kappa shape index (κ3) is 1.76. The monoisotopic (exact) mass is 237 g/mol. The summed E-state index contributed by atoms with van der Waals surface area (Å²) < 4.78 is 4.53. The first kappa shape index (κ1) is 10.6. The van der Waals surface area contributed by atoms with E-state index < -0.39 is 4.92 Å². The fraction of sp³-hybridized carbons (Fsp3) is 0.111.